The van der Waals surface area contributed by atoms with Crippen molar-refractivity contribution in [2.24, 2.45) is 0 Å². The highest BCUT2D eigenvalue weighted by Gasteiger charge is 2.16. The van der Waals surface area contributed by atoms with E-state index in [0.29, 0.717) is 6.10 Å². The van der Waals surface area contributed by atoms with E-state index in [1.807, 2.05) is 12.3 Å². The number of pyridine rings is 1. The normalized spacial score (nSPS) is 20.8. The SMILES string of the molecule is S=c1[nH]c2cnccc2n1CC1CCCCO1. The van der Waals surface area contributed by atoms with Gasteiger partial charge in [0.25, 0.3) is 0 Å². The summed E-state index contributed by atoms with van der Waals surface area (Å²) >= 11 is 5.35. The van der Waals surface area contributed by atoms with E-state index in [1.165, 1.54) is 12.8 Å². The van der Waals surface area contributed by atoms with E-state index in [0.717, 1.165) is 35.4 Å². The van der Waals surface area contributed by atoms with E-state index in [2.05, 4.69) is 14.5 Å². The minimum absolute atomic E-state index is 0.294. The number of aromatic amines is 1. The molecule has 0 aliphatic carbocycles. The number of ether oxygens (including phenoxy) is 1. The van der Waals surface area contributed by atoms with Gasteiger partial charge < -0.3 is 14.3 Å². The predicted molar refractivity (Wildman–Crippen MR) is 68.5 cm³/mol. The van der Waals surface area contributed by atoms with Gasteiger partial charge in [-0.25, -0.2) is 0 Å². The molecule has 2 aromatic heterocycles. The lowest BCUT2D eigenvalue weighted by atomic mass is 10.1. The van der Waals surface area contributed by atoms with E-state index in [4.69, 9.17) is 17.0 Å². The number of fused-ring (bicyclic) bond motifs is 1. The molecular weight excluding hydrogens is 234 g/mol. The molecule has 3 heterocycles. The molecule has 1 fully saturated rings. The molecule has 1 atom stereocenters. The number of rotatable bonds is 2. The molecule has 0 amide bonds. The molecule has 1 aliphatic rings. The minimum atomic E-state index is 0.294. The Bertz CT molecular complexity index is 568. The quantitative estimate of drug-likeness (QED) is 0.832. The average molecular weight is 249 g/mol. The van der Waals surface area contributed by atoms with Gasteiger partial charge in [0.15, 0.2) is 4.77 Å². The Hall–Kier alpha value is -1.20. The first-order chi connectivity index (χ1) is 8.34. The average Bonchev–Trinajstić information content (AvgIpc) is 2.68. The minimum Gasteiger partial charge on any atom is -0.376 e. The van der Waals surface area contributed by atoms with Crippen molar-refractivity contribution in [1.29, 1.82) is 0 Å². The van der Waals surface area contributed by atoms with E-state index in [1.54, 1.807) is 6.20 Å². The lowest BCUT2D eigenvalue weighted by molar-refractivity contribution is 0.00641. The van der Waals surface area contributed by atoms with Crippen molar-refractivity contribution in [2.75, 3.05) is 6.61 Å². The maximum atomic E-state index is 5.76. The number of nitrogens with zero attached hydrogens (tertiary/aromatic N) is 2. The van der Waals surface area contributed by atoms with Crippen LogP contribution in [0.3, 0.4) is 0 Å². The number of nitrogens with one attached hydrogen (secondary N) is 1. The molecule has 1 saturated heterocycles. The Morgan fingerprint density at radius 2 is 2.47 bits per heavy atom. The Labute approximate surface area is 105 Å². The fourth-order valence-electron chi connectivity index (χ4n) is 2.35. The van der Waals surface area contributed by atoms with Gasteiger partial charge in [0, 0.05) is 12.8 Å². The van der Waals surface area contributed by atoms with Crippen molar-refractivity contribution in [3.8, 4) is 0 Å². The van der Waals surface area contributed by atoms with E-state index < -0.39 is 0 Å². The highest BCUT2D eigenvalue weighted by molar-refractivity contribution is 7.71. The predicted octanol–water partition coefficient (Wildman–Crippen LogP) is 2.66. The Balaban J connectivity index is 1.93. The molecule has 0 aromatic carbocycles. The number of imidazole rings is 1. The summed E-state index contributed by atoms with van der Waals surface area (Å²) in [5.74, 6) is 0. The molecule has 0 saturated carbocycles. The number of hydrogen-bond acceptors (Lipinski definition) is 3. The topological polar surface area (TPSA) is 42.8 Å². The Morgan fingerprint density at radius 3 is 3.29 bits per heavy atom. The Kier molecular flexibility index (Phi) is 2.94. The van der Waals surface area contributed by atoms with Crippen molar-refractivity contribution in [3.63, 3.8) is 0 Å². The standard InChI is InChI=1S/C12H15N3OS/c17-12-14-10-7-13-5-4-11(10)15(12)8-9-3-1-2-6-16-9/h4-5,7,9H,1-3,6,8H2,(H,14,17). The van der Waals surface area contributed by atoms with Crippen LogP contribution in [0.4, 0.5) is 0 Å². The van der Waals surface area contributed by atoms with Gasteiger partial charge in [-0.15, -0.1) is 0 Å². The van der Waals surface area contributed by atoms with Gasteiger partial charge in [0.2, 0.25) is 0 Å². The van der Waals surface area contributed by atoms with Crippen LogP contribution < -0.4 is 0 Å². The van der Waals surface area contributed by atoms with Crippen LogP contribution in [-0.2, 0) is 11.3 Å². The third kappa shape index (κ3) is 2.12. The van der Waals surface area contributed by atoms with Crippen LogP contribution >= 0.6 is 12.2 Å². The highest BCUT2D eigenvalue weighted by atomic mass is 32.1. The zero-order valence-corrected chi connectivity index (χ0v) is 10.4. The zero-order valence-electron chi connectivity index (χ0n) is 9.56. The van der Waals surface area contributed by atoms with Crippen molar-refractivity contribution >= 4 is 23.3 Å². The van der Waals surface area contributed by atoms with Gasteiger partial charge in [0.05, 0.1) is 29.9 Å². The van der Waals surface area contributed by atoms with Crippen molar-refractivity contribution in [2.45, 2.75) is 31.9 Å². The zero-order chi connectivity index (χ0) is 11.7. The summed E-state index contributed by atoms with van der Waals surface area (Å²) in [5, 5.41) is 0. The van der Waals surface area contributed by atoms with Crippen LogP contribution in [0.25, 0.3) is 11.0 Å². The van der Waals surface area contributed by atoms with Gasteiger partial charge >= 0.3 is 0 Å². The molecule has 0 bridgehead atoms. The van der Waals surface area contributed by atoms with Crippen LogP contribution in [0.15, 0.2) is 18.5 Å². The largest absolute Gasteiger partial charge is 0.376 e. The van der Waals surface area contributed by atoms with Gasteiger partial charge in [-0.1, -0.05) is 0 Å². The van der Waals surface area contributed by atoms with Crippen LogP contribution in [0.2, 0.25) is 0 Å². The third-order valence-corrected chi connectivity index (χ3v) is 3.56. The summed E-state index contributed by atoms with van der Waals surface area (Å²) in [5.41, 5.74) is 2.10. The first-order valence-electron chi connectivity index (χ1n) is 5.99. The molecular formula is C12H15N3OS. The molecule has 0 spiro atoms. The van der Waals surface area contributed by atoms with Crippen LogP contribution in [-0.4, -0.2) is 27.2 Å². The van der Waals surface area contributed by atoms with Crippen molar-refractivity contribution in [1.82, 2.24) is 14.5 Å². The molecule has 0 radical (unpaired) electrons. The van der Waals surface area contributed by atoms with Crippen LogP contribution in [0.1, 0.15) is 19.3 Å². The molecule has 17 heavy (non-hydrogen) atoms. The number of aromatic nitrogens is 3. The second kappa shape index (κ2) is 4.58. The fourth-order valence-corrected chi connectivity index (χ4v) is 2.63. The van der Waals surface area contributed by atoms with Gasteiger partial charge in [-0.05, 0) is 37.5 Å². The molecule has 1 aliphatic heterocycles. The smallest absolute Gasteiger partial charge is 0.178 e. The van der Waals surface area contributed by atoms with E-state index in [9.17, 15) is 0 Å². The summed E-state index contributed by atoms with van der Waals surface area (Å²) in [7, 11) is 0. The lowest BCUT2D eigenvalue weighted by Gasteiger charge is -2.23. The number of hydrogen-bond donors (Lipinski definition) is 1. The molecule has 1 N–H and O–H groups in total. The molecule has 1 unspecified atom stereocenters. The lowest BCUT2D eigenvalue weighted by Crippen LogP contribution is -2.24. The molecule has 2 aromatic rings. The maximum Gasteiger partial charge on any atom is 0.178 e. The maximum absolute atomic E-state index is 5.76. The molecule has 3 rings (SSSR count). The monoisotopic (exact) mass is 249 g/mol. The number of H-pyrrole nitrogens is 1. The van der Waals surface area contributed by atoms with Gasteiger partial charge in [-0.2, -0.15) is 0 Å². The van der Waals surface area contributed by atoms with Crippen LogP contribution in [0, 0.1) is 4.77 Å². The summed E-state index contributed by atoms with van der Waals surface area (Å²) in [6, 6.07) is 1.99. The first kappa shape index (κ1) is 10.9. The van der Waals surface area contributed by atoms with Crippen LogP contribution in [0.5, 0.6) is 0 Å². The fraction of sp³-hybridized carbons (Fsp3) is 0.500. The molecule has 90 valence electrons. The van der Waals surface area contributed by atoms with Crippen molar-refractivity contribution in [3.05, 3.63) is 23.2 Å². The summed E-state index contributed by atoms with van der Waals surface area (Å²) in [6.45, 7) is 1.71. The summed E-state index contributed by atoms with van der Waals surface area (Å²) < 4.78 is 8.62. The third-order valence-electron chi connectivity index (χ3n) is 3.24. The summed E-state index contributed by atoms with van der Waals surface area (Å²) in [4.78, 5) is 7.27. The van der Waals surface area contributed by atoms with Gasteiger partial charge in [-0.3, -0.25) is 4.98 Å². The van der Waals surface area contributed by atoms with Gasteiger partial charge in [0.1, 0.15) is 0 Å². The van der Waals surface area contributed by atoms with E-state index >= 15 is 0 Å². The highest BCUT2D eigenvalue weighted by Crippen LogP contribution is 2.18. The second-order valence-electron chi connectivity index (χ2n) is 4.42. The molecule has 5 heteroatoms. The molecule has 4 nitrogen and oxygen atoms in total. The second-order valence-corrected chi connectivity index (χ2v) is 4.81. The Morgan fingerprint density at radius 1 is 1.53 bits per heavy atom. The van der Waals surface area contributed by atoms with E-state index in [-0.39, 0.29) is 0 Å². The summed E-state index contributed by atoms with van der Waals surface area (Å²) in [6.07, 6.45) is 7.45. The first-order valence-corrected chi connectivity index (χ1v) is 6.39. The van der Waals surface area contributed by atoms with Crippen molar-refractivity contribution < 1.29 is 4.74 Å².